The third-order valence-corrected chi connectivity index (χ3v) is 5.25. The molecule has 3 rings (SSSR count). The molecule has 6 heteroatoms. The lowest BCUT2D eigenvalue weighted by Gasteiger charge is -2.42. The highest BCUT2D eigenvalue weighted by molar-refractivity contribution is 9.10. The van der Waals surface area contributed by atoms with E-state index < -0.39 is 17.7 Å². The fourth-order valence-corrected chi connectivity index (χ4v) is 3.50. The minimum atomic E-state index is -0.983. The van der Waals surface area contributed by atoms with E-state index in [1.165, 1.54) is 6.92 Å². The van der Waals surface area contributed by atoms with Crippen LogP contribution in [0.2, 0.25) is 0 Å². The van der Waals surface area contributed by atoms with Crippen LogP contribution in [-0.4, -0.2) is 28.5 Å². The van der Waals surface area contributed by atoms with Crippen molar-refractivity contribution in [2.75, 3.05) is 0 Å². The Kier molecular flexibility index (Phi) is 4.90. The minimum absolute atomic E-state index is 0.0944. The number of nitrogens with one attached hydrogen (secondary N) is 1. The van der Waals surface area contributed by atoms with Crippen molar-refractivity contribution in [3.05, 3.63) is 63.6 Å². The van der Waals surface area contributed by atoms with Gasteiger partial charge in [-0.3, -0.25) is 9.59 Å². The molecule has 0 spiro atoms. The molecule has 0 aliphatic carbocycles. The average Bonchev–Trinajstić information content (AvgIpc) is 2.58. The van der Waals surface area contributed by atoms with Crippen LogP contribution >= 0.6 is 15.9 Å². The summed E-state index contributed by atoms with van der Waals surface area (Å²) in [6.45, 7) is 4.99. The Morgan fingerprint density at radius 2 is 1.88 bits per heavy atom. The maximum atomic E-state index is 12.8. The van der Waals surface area contributed by atoms with Crippen molar-refractivity contribution < 1.29 is 19.4 Å². The number of fused-ring (bicyclic) bond motifs is 1. The number of hydrogen-bond acceptors (Lipinski definition) is 4. The summed E-state index contributed by atoms with van der Waals surface area (Å²) in [6, 6.07) is 11.4. The molecule has 26 heavy (non-hydrogen) atoms. The van der Waals surface area contributed by atoms with Crippen molar-refractivity contribution in [1.29, 1.82) is 0 Å². The number of hydrogen-bond donors (Lipinski definition) is 2. The molecule has 1 heterocycles. The summed E-state index contributed by atoms with van der Waals surface area (Å²) in [5, 5.41) is 13.7. The van der Waals surface area contributed by atoms with Gasteiger partial charge in [-0.1, -0.05) is 12.1 Å². The first-order valence-corrected chi connectivity index (χ1v) is 9.07. The molecular weight excluding hydrogens is 398 g/mol. The third-order valence-electron chi connectivity index (χ3n) is 4.56. The molecule has 5 nitrogen and oxygen atoms in total. The second kappa shape index (κ2) is 6.85. The summed E-state index contributed by atoms with van der Waals surface area (Å²) in [5.74, 6) is 0.129. The van der Waals surface area contributed by atoms with Gasteiger partial charge in [0.25, 0.3) is 5.91 Å². The van der Waals surface area contributed by atoms with E-state index in [1.807, 2.05) is 6.07 Å². The molecule has 2 aromatic rings. The van der Waals surface area contributed by atoms with Crippen molar-refractivity contribution in [2.45, 2.75) is 38.5 Å². The molecule has 0 saturated heterocycles. The Balaban J connectivity index is 2.02. The number of aliphatic hydroxyl groups excluding tert-OH is 1. The highest BCUT2D eigenvalue weighted by atomic mass is 79.9. The molecule has 2 aromatic carbocycles. The van der Waals surface area contributed by atoms with Gasteiger partial charge in [0, 0.05) is 15.6 Å². The fraction of sp³-hybridized carbons (Fsp3) is 0.300. The lowest BCUT2D eigenvalue weighted by atomic mass is 9.85. The van der Waals surface area contributed by atoms with Crippen LogP contribution in [0.3, 0.4) is 0 Å². The van der Waals surface area contributed by atoms with Gasteiger partial charge in [0.1, 0.15) is 17.5 Å². The summed E-state index contributed by atoms with van der Waals surface area (Å²) in [6.07, 6.45) is -0.983. The van der Waals surface area contributed by atoms with Crippen LogP contribution in [0.25, 0.3) is 0 Å². The number of benzene rings is 2. The predicted molar refractivity (Wildman–Crippen MR) is 102 cm³/mol. The van der Waals surface area contributed by atoms with Gasteiger partial charge < -0.3 is 15.2 Å². The van der Waals surface area contributed by atoms with Crippen LogP contribution in [0.15, 0.2) is 46.9 Å². The smallest absolute Gasteiger partial charge is 0.253 e. The van der Waals surface area contributed by atoms with Crippen molar-refractivity contribution in [2.24, 2.45) is 0 Å². The van der Waals surface area contributed by atoms with E-state index in [1.54, 1.807) is 50.2 Å². The zero-order chi connectivity index (χ0) is 19.1. The Labute approximate surface area is 160 Å². The van der Waals surface area contributed by atoms with E-state index in [-0.39, 0.29) is 11.7 Å². The SMILES string of the molecule is CC(=O)c1ccc2c(c1)C(NC(=O)c1ccccc1Br)C(O)C(C)(C)O2. The van der Waals surface area contributed by atoms with E-state index >= 15 is 0 Å². The van der Waals surface area contributed by atoms with Gasteiger partial charge in [-0.05, 0) is 67.0 Å². The van der Waals surface area contributed by atoms with Gasteiger partial charge >= 0.3 is 0 Å². The van der Waals surface area contributed by atoms with Crippen LogP contribution in [-0.2, 0) is 0 Å². The standard InChI is InChI=1S/C20H20BrNO4/c1-11(23)12-8-9-16-14(10-12)17(18(24)20(2,3)26-16)22-19(25)13-6-4-5-7-15(13)21/h4-10,17-18,24H,1-3H3,(H,22,25). The van der Waals surface area contributed by atoms with Crippen LogP contribution in [0.5, 0.6) is 5.75 Å². The largest absolute Gasteiger partial charge is 0.485 e. The minimum Gasteiger partial charge on any atom is -0.485 e. The monoisotopic (exact) mass is 417 g/mol. The number of rotatable bonds is 3. The molecule has 0 bridgehead atoms. The van der Waals surface area contributed by atoms with Crippen molar-refractivity contribution in [3.63, 3.8) is 0 Å². The molecule has 2 N–H and O–H groups in total. The summed E-state index contributed by atoms with van der Waals surface area (Å²) >= 11 is 3.37. The molecule has 0 fully saturated rings. The fourth-order valence-electron chi connectivity index (χ4n) is 3.04. The summed E-state index contributed by atoms with van der Waals surface area (Å²) in [7, 11) is 0. The molecule has 1 aliphatic rings. The van der Waals surface area contributed by atoms with E-state index in [0.29, 0.717) is 26.9 Å². The van der Waals surface area contributed by atoms with Gasteiger partial charge in [-0.25, -0.2) is 0 Å². The Morgan fingerprint density at radius 3 is 2.54 bits per heavy atom. The number of carbonyl (C=O) groups excluding carboxylic acids is 2. The maximum Gasteiger partial charge on any atom is 0.253 e. The first-order chi connectivity index (χ1) is 12.2. The van der Waals surface area contributed by atoms with Crippen LogP contribution < -0.4 is 10.1 Å². The zero-order valence-corrected chi connectivity index (χ0v) is 16.3. The van der Waals surface area contributed by atoms with E-state index in [2.05, 4.69) is 21.2 Å². The summed E-state index contributed by atoms with van der Waals surface area (Å²) in [4.78, 5) is 24.5. The number of Topliss-reactive ketones (excluding diaryl/α,β-unsaturated/α-hetero) is 1. The van der Waals surface area contributed by atoms with Gasteiger partial charge in [0.15, 0.2) is 5.78 Å². The predicted octanol–water partition coefficient (Wildman–Crippen LogP) is 3.65. The number of halogens is 1. The van der Waals surface area contributed by atoms with Gasteiger partial charge in [-0.15, -0.1) is 0 Å². The number of ether oxygens (including phenoxy) is 1. The average molecular weight is 418 g/mol. The molecule has 136 valence electrons. The third kappa shape index (κ3) is 3.39. The first-order valence-electron chi connectivity index (χ1n) is 8.28. The van der Waals surface area contributed by atoms with E-state index in [0.717, 1.165) is 0 Å². The highest BCUT2D eigenvalue weighted by Gasteiger charge is 2.43. The normalized spacial score (nSPS) is 20.7. The second-order valence-corrected chi connectivity index (χ2v) is 7.74. The van der Waals surface area contributed by atoms with Gasteiger partial charge in [0.2, 0.25) is 0 Å². The molecule has 2 unspecified atom stereocenters. The molecule has 0 aromatic heterocycles. The lowest BCUT2D eigenvalue weighted by molar-refractivity contribution is -0.0627. The van der Waals surface area contributed by atoms with Crippen molar-refractivity contribution >= 4 is 27.6 Å². The Hall–Kier alpha value is -2.18. The highest BCUT2D eigenvalue weighted by Crippen LogP contribution is 2.40. The Bertz CT molecular complexity index is 878. The van der Waals surface area contributed by atoms with Crippen LogP contribution in [0, 0.1) is 0 Å². The zero-order valence-electron chi connectivity index (χ0n) is 14.7. The Morgan fingerprint density at radius 1 is 1.19 bits per heavy atom. The molecule has 0 radical (unpaired) electrons. The maximum absolute atomic E-state index is 12.8. The molecule has 1 amide bonds. The van der Waals surface area contributed by atoms with Crippen molar-refractivity contribution in [1.82, 2.24) is 5.32 Å². The van der Waals surface area contributed by atoms with Gasteiger partial charge in [0.05, 0.1) is 11.6 Å². The number of aliphatic hydroxyl groups is 1. The summed E-state index contributed by atoms with van der Waals surface area (Å²) < 4.78 is 6.55. The summed E-state index contributed by atoms with van der Waals surface area (Å²) in [5.41, 5.74) is 0.661. The topological polar surface area (TPSA) is 75.6 Å². The van der Waals surface area contributed by atoms with Crippen LogP contribution in [0.1, 0.15) is 53.1 Å². The molecule has 2 atom stereocenters. The van der Waals surface area contributed by atoms with Crippen LogP contribution in [0.4, 0.5) is 0 Å². The lowest BCUT2D eigenvalue weighted by Crippen LogP contribution is -2.53. The molecule has 1 aliphatic heterocycles. The van der Waals surface area contributed by atoms with Gasteiger partial charge in [-0.2, -0.15) is 0 Å². The number of carbonyl (C=O) groups is 2. The molecule has 0 saturated carbocycles. The quantitative estimate of drug-likeness (QED) is 0.747. The van der Waals surface area contributed by atoms with E-state index in [4.69, 9.17) is 4.74 Å². The second-order valence-electron chi connectivity index (χ2n) is 6.89. The first kappa shape index (κ1) is 18.6. The number of amides is 1. The van der Waals surface area contributed by atoms with Crippen molar-refractivity contribution in [3.8, 4) is 5.75 Å². The number of ketones is 1. The van der Waals surface area contributed by atoms with E-state index in [9.17, 15) is 14.7 Å². The molecular formula is C20H20BrNO4.